The molecule has 1 atom stereocenters. The summed E-state index contributed by atoms with van der Waals surface area (Å²) in [6.45, 7) is 4.20. The van der Waals surface area contributed by atoms with E-state index in [1.54, 1.807) is 14.2 Å². The van der Waals surface area contributed by atoms with Crippen molar-refractivity contribution in [2.24, 2.45) is 0 Å². The van der Waals surface area contributed by atoms with Crippen molar-refractivity contribution in [3.8, 4) is 11.5 Å². The van der Waals surface area contributed by atoms with Gasteiger partial charge in [-0.3, -0.25) is 0 Å². The van der Waals surface area contributed by atoms with Crippen LogP contribution in [0.4, 0.5) is 0 Å². The van der Waals surface area contributed by atoms with Crippen LogP contribution in [0.2, 0.25) is 0 Å². The minimum Gasteiger partial charge on any atom is -0.493 e. The van der Waals surface area contributed by atoms with Gasteiger partial charge in [0.1, 0.15) is 5.82 Å². The van der Waals surface area contributed by atoms with Crippen LogP contribution >= 0.6 is 11.6 Å². The summed E-state index contributed by atoms with van der Waals surface area (Å²) in [5.74, 6) is 2.33. The normalized spacial score (nSPS) is 18.1. The Morgan fingerprint density at radius 3 is 2.35 bits per heavy atom. The fraction of sp³-hybridized carbons (Fsp3) is 0.533. The maximum absolute atomic E-state index is 6.32. The molecule has 1 saturated carbocycles. The van der Waals surface area contributed by atoms with Crippen LogP contribution in [0, 0.1) is 0 Å². The van der Waals surface area contributed by atoms with Crippen molar-refractivity contribution in [1.82, 2.24) is 9.55 Å². The van der Waals surface area contributed by atoms with Crippen molar-refractivity contribution >= 4 is 22.6 Å². The lowest BCUT2D eigenvalue weighted by atomic mass is 10.2. The number of imidazole rings is 1. The van der Waals surface area contributed by atoms with Crippen molar-refractivity contribution in [3.63, 3.8) is 0 Å². The molecule has 0 radical (unpaired) electrons. The van der Waals surface area contributed by atoms with Gasteiger partial charge >= 0.3 is 0 Å². The van der Waals surface area contributed by atoms with Crippen LogP contribution in [-0.2, 0) is 5.54 Å². The molecule has 0 aliphatic heterocycles. The Morgan fingerprint density at radius 2 is 1.85 bits per heavy atom. The number of alkyl halides is 1. The molecule has 0 amide bonds. The molecule has 1 unspecified atom stereocenters. The summed E-state index contributed by atoms with van der Waals surface area (Å²) in [5.41, 5.74) is 2.09. The Hall–Kier alpha value is -1.42. The summed E-state index contributed by atoms with van der Waals surface area (Å²) in [6, 6.07) is 3.91. The molecule has 0 N–H and O–H groups in total. The molecule has 1 heterocycles. The van der Waals surface area contributed by atoms with Crippen LogP contribution in [-0.4, -0.2) is 23.8 Å². The van der Waals surface area contributed by atoms with E-state index in [4.69, 9.17) is 26.1 Å². The number of methoxy groups -OCH3 is 2. The van der Waals surface area contributed by atoms with Gasteiger partial charge in [0.25, 0.3) is 0 Å². The Balaban J connectivity index is 2.30. The first kappa shape index (κ1) is 13.6. The summed E-state index contributed by atoms with van der Waals surface area (Å²) in [5, 5.41) is -0.128. The molecule has 0 bridgehead atoms. The van der Waals surface area contributed by atoms with Gasteiger partial charge in [0, 0.05) is 17.7 Å². The molecule has 3 rings (SSSR count). The minimum atomic E-state index is -0.128. The number of hydrogen-bond donors (Lipinski definition) is 0. The smallest absolute Gasteiger partial charge is 0.163 e. The lowest BCUT2D eigenvalue weighted by molar-refractivity contribution is 0.355. The molecule has 5 heteroatoms. The number of fused-ring (bicyclic) bond motifs is 1. The Bertz CT molecular complexity index is 659. The number of rotatable bonds is 4. The minimum absolute atomic E-state index is 0.128. The summed E-state index contributed by atoms with van der Waals surface area (Å²) in [7, 11) is 3.28. The third kappa shape index (κ3) is 1.94. The summed E-state index contributed by atoms with van der Waals surface area (Å²) in [6.07, 6.45) is 2.31. The molecule has 1 aromatic carbocycles. The van der Waals surface area contributed by atoms with Crippen LogP contribution in [0.25, 0.3) is 11.0 Å². The van der Waals surface area contributed by atoms with Gasteiger partial charge in [0.2, 0.25) is 0 Å². The van der Waals surface area contributed by atoms with Gasteiger partial charge in [0.05, 0.1) is 30.6 Å². The molecule has 1 aliphatic carbocycles. The molecule has 0 saturated heterocycles. The second-order valence-electron chi connectivity index (χ2n) is 5.61. The first-order valence-electron chi connectivity index (χ1n) is 6.79. The predicted octanol–water partition coefficient (Wildman–Crippen LogP) is 3.86. The number of benzene rings is 1. The third-order valence-corrected chi connectivity index (χ3v) is 4.25. The highest BCUT2D eigenvalue weighted by molar-refractivity contribution is 6.20. The zero-order chi connectivity index (χ0) is 14.5. The number of halogens is 1. The van der Waals surface area contributed by atoms with Crippen LogP contribution in [0.1, 0.15) is 37.9 Å². The van der Waals surface area contributed by atoms with E-state index in [0.717, 1.165) is 35.4 Å². The van der Waals surface area contributed by atoms with Gasteiger partial charge in [-0.25, -0.2) is 4.98 Å². The topological polar surface area (TPSA) is 36.3 Å². The first-order valence-corrected chi connectivity index (χ1v) is 7.23. The van der Waals surface area contributed by atoms with E-state index in [9.17, 15) is 0 Å². The molecule has 1 fully saturated rings. The lowest BCUT2D eigenvalue weighted by Crippen LogP contribution is -2.16. The molecule has 0 spiro atoms. The highest BCUT2D eigenvalue weighted by atomic mass is 35.5. The molecule has 4 nitrogen and oxygen atoms in total. The number of aromatic nitrogens is 2. The average Bonchev–Trinajstić information content (AvgIpc) is 3.04. The van der Waals surface area contributed by atoms with Crippen LogP contribution < -0.4 is 9.47 Å². The summed E-state index contributed by atoms with van der Waals surface area (Å²) < 4.78 is 13.0. The molecular weight excluding hydrogens is 276 g/mol. The van der Waals surface area contributed by atoms with Crippen molar-refractivity contribution in [2.75, 3.05) is 14.2 Å². The predicted molar refractivity (Wildman–Crippen MR) is 80.0 cm³/mol. The van der Waals surface area contributed by atoms with Crippen molar-refractivity contribution < 1.29 is 9.47 Å². The maximum Gasteiger partial charge on any atom is 0.163 e. The summed E-state index contributed by atoms with van der Waals surface area (Å²) >= 11 is 6.32. The second-order valence-corrected chi connectivity index (χ2v) is 6.27. The quantitative estimate of drug-likeness (QED) is 0.803. The van der Waals surface area contributed by atoms with E-state index < -0.39 is 0 Å². The standard InChI is InChI=1S/C15H19ClN2O2/c1-9(16)14-17-10-7-12(19-3)13(20-4)8-11(10)18(14)15(2)5-6-15/h7-9H,5-6H2,1-4H3. The molecule has 2 aromatic rings. The van der Waals surface area contributed by atoms with E-state index in [2.05, 4.69) is 11.5 Å². The first-order chi connectivity index (χ1) is 9.50. The second kappa shape index (κ2) is 4.55. The average molecular weight is 295 g/mol. The molecule has 20 heavy (non-hydrogen) atoms. The molecule has 108 valence electrons. The van der Waals surface area contributed by atoms with Crippen molar-refractivity contribution in [3.05, 3.63) is 18.0 Å². The fourth-order valence-electron chi connectivity index (χ4n) is 2.66. The summed E-state index contributed by atoms with van der Waals surface area (Å²) in [4.78, 5) is 4.70. The van der Waals surface area contributed by atoms with Crippen LogP contribution in [0.3, 0.4) is 0 Å². The van der Waals surface area contributed by atoms with Gasteiger partial charge in [-0.05, 0) is 26.7 Å². The largest absolute Gasteiger partial charge is 0.493 e. The highest BCUT2D eigenvalue weighted by Gasteiger charge is 2.42. The maximum atomic E-state index is 6.32. The highest BCUT2D eigenvalue weighted by Crippen LogP contribution is 2.48. The monoisotopic (exact) mass is 294 g/mol. The van der Waals surface area contributed by atoms with Crippen molar-refractivity contribution in [2.45, 2.75) is 37.6 Å². The van der Waals surface area contributed by atoms with Crippen LogP contribution in [0.5, 0.6) is 11.5 Å². The van der Waals surface area contributed by atoms with E-state index in [-0.39, 0.29) is 10.9 Å². The zero-order valence-corrected chi connectivity index (χ0v) is 13.0. The number of nitrogens with zero attached hydrogens (tertiary/aromatic N) is 2. The number of hydrogen-bond acceptors (Lipinski definition) is 3. The van der Waals surface area contributed by atoms with E-state index >= 15 is 0 Å². The number of ether oxygens (including phenoxy) is 2. The molecule has 1 aliphatic rings. The third-order valence-electron chi connectivity index (χ3n) is 4.05. The van der Waals surface area contributed by atoms with E-state index in [1.165, 1.54) is 0 Å². The Labute approximate surface area is 123 Å². The van der Waals surface area contributed by atoms with Crippen LogP contribution in [0.15, 0.2) is 12.1 Å². The van der Waals surface area contributed by atoms with E-state index in [0.29, 0.717) is 5.75 Å². The molecule has 1 aromatic heterocycles. The van der Waals surface area contributed by atoms with Gasteiger partial charge < -0.3 is 14.0 Å². The zero-order valence-electron chi connectivity index (χ0n) is 12.2. The van der Waals surface area contributed by atoms with Gasteiger partial charge in [0.15, 0.2) is 11.5 Å². The van der Waals surface area contributed by atoms with Gasteiger partial charge in [-0.2, -0.15) is 0 Å². The Kier molecular flexibility index (Phi) is 3.09. The van der Waals surface area contributed by atoms with E-state index in [1.807, 2.05) is 19.1 Å². The Morgan fingerprint density at radius 1 is 1.25 bits per heavy atom. The SMILES string of the molecule is COc1cc2nc(C(C)Cl)n(C3(C)CC3)c2cc1OC. The lowest BCUT2D eigenvalue weighted by Gasteiger charge is -2.17. The van der Waals surface area contributed by atoms with Crippen molar-refractivity contribution in [1.29, 1.82) is 0 Å². The molecular formula is C15H19ClN2O2. The van der Waals surface area contributed by atoms with Gasteiger partial charge in [-0.1, -0.05) is 0 Å². The fourth-order valence-corrected chi connectivity index (χ4v) is 2.81. The van der Waals surface area contributed by atoms with Gasteiger partial charge in [-0.15, -0.1) is 11.6 Å².